The van der Waals surface area contributed by atoms with Crippen LogP contribution in [0.1, 0.15) is 5.56 Å². The summed E-state index contributed by atoms with van der Waals surface area (Å²) in [6, 6.07) is 26.7. The lowest BCUT2D eigenvalue weighted by molar-refractivity contribution is 0.588. The number of nitrogens with zero attached hydrogens (tertiary/aromatic N) is 1. The van der Waals surface area contributed by atoms with Gasteiger partial charge in [0.25, 0.3) is 0 Å². The predicted molar refractivity (Wildman–Crippen MR) is 122 cm³/mol. The standard InChI is InChI=1S/C26H17F2NS/c1-17-13-21(18-5-3-2-4-6-18)11-12-23(17)20-9-7-19(8-10-20)22-14-24(27)26(29-16-30)25(28)15-22/h2-15H,1H3. The van der Waals surface area contributed by atoms with Crippen LogP contribution < -0.4 is 0 Å². The zero-order chi connectivity index (χ0) is 21.1. The largest absolute Gasteiger partial charge is 0.204 e. The van der Waals surface area contributed by atoms with Crippen molar-refractivity contribution >= 4 is 23.1 Å². The Bertz CT molecular complexity index is 1240. The summed E-state index contributed by atoms with van der Waals surface area (Å²) in [6.45, 7) is 2.08. The number of halogens is 2. The van der Waals surface area contributed by atoms with E-state index in [0.29, 0.717) is 11.1 Å². The molecule has 0 aliphatic rings. The van der Waals surface area contributed by atoms with Crippen molar-refractivity contribution in [3.8, 4) is 33.4 Å². The van der Waals surface area contributed by atoms with Crippen molar-refractivity contribution < 1.29 is 8.78 Å². The van der Waals surface area contributed by atoms with Gasteiger partial charge in [0.1, 0.15) is 5.69 Å². The van der Waals surface area contributed by atoms with Gasteiger partial charge in [-0.25, -0.2) is 8.78 Å². The maximum atomic E-state index is 14.1. The molecule has 0 saturated carbocycles. The molecule has 4 aromatic carbocycles. The quantitative estimate of drug-likeness (QED) is 0.244. The van der Waals surface area contributed by atoms with Gasteiger partial charge in [-0.05, 0) is 70.2 Å². The van der Waals surface area contributed by atoms with E-state index in [9.17, 15) is 8.78 Å². The van der Waals surface area contributed by atoms with E-state index >= 15 is 0 Å². The molecule has 0 aliphatic heterocycles. The molecule has 4 rings (SSSR count). The molecule has 1 nitrogen and oxygen atoms in total. The molecule has 0 aliphatic carbocycles. The van der Waals surface area contributed by atoms with Gasteiger partial charge in [0.15, 0.2) is 11.6 Å². The number of benzene rings is 4. The van der Waals surface area contributed by atoms with Crippen LogP contribution in [0.5, 0.6) is 0 Å². The highest BCUT2D eigenvalue weighted by Gasteiger charge is 2.12. The molecular weight excluding hydrogens is 396 g/mol. The highest BCUT2D eigenvalue weighted by Crippen LogP contribution is 2.32. The molecule has 0 fully saturated rings. The Balaban J connectivity index is 1.65. The molecule has 0 spiro atoms. The van der Waals surface area contributed by atoms with Crippen LogP contribution in [0.25, 0.3) is 33.4 Å². The molecule has 146 valence electrons. The summed E-state index contributed by atoms with van der Waals surface area (Å²) in [5.41, 5.74) is 6.39. The first kappa shape index (κ1) is 19.8. The van der Waals surface area contributed by atoms with Gasteiger partial charge in [-0.1, -0.05) is 72.8 Å². The molecule has 0 atom stereocenters. The zero-order valence-corrected chi connectivity index (χ0v) is 17.0. The summed E-state index contributed by atoms with van der Waals surface area (Å²) in [5, 5.41) is 2.00. The van der Waals surface area contributed by atoms with E-state index in [1.165, 1.54) is 23.3 Å². The summed E-state index contributed by atoms with van der Waals surface area (Å²) in [4.78, 5) is 3.45. The number of rotatable bonds is 4. The minimum atomic E-state index is -0.765. The fourth-order valence-electron chi connectivity index (χ4n) is 3.52. The third kappa shape index (κ3) is 3.97. The normalized spacial score (nSPS) is 10.5. The van der Waals surface area contributed by atoms with Crippen LogP contribution in [0.15, 0.2) is 89.9 Å². The number of thiocarbonyl (C=S) groups is 1. The second-order valence-electron chi connectivity index (χ2n) is 6.96. The van der Waals surface area contributed by atoms with Gasteiger partial charge in [0.05, 0.1) is 5.16 Å². The number of aliphatic imine (C=N–C) groups is 1. The molecule has 0 radical (unpaired) electrons. The van der Waals surface area contributed by atoms with Gasteiger partial charge >= 0.3 is 0 Å². The third-order valence-electron chi connectivity index (χ3n) is 5.04. The minimum Gasteiger partial charge on any atom is -0.204 e. The van der Waals surface area contributed by atoms with Crippen LogP contribution in [-0.4, -0.2) is 5.16 Å². The van der Waals surface area contributed by atoms with Gasteiger partial charge in [-0.2, -0.15) is 4.99 Å². The fourth-order valence-corrected chi connectivity index (χ4v) is 3.62. The Morgan fingerprint density at radius 1 is 0.667 bits per heavy atom. The lowest BCUT2D eigenvalue weighted by Crippen LogP contribution is -1.88. The maximum Gasteiger partial charge on any atom is 0.153 e. The van der Waals surface area contributed by atoms with Crippen LogP contribution in [0.3, 0.4) is 0 Å². The molecule has 0 heterocycles. The van der Waals surface area contributed by atoms with E-state index < -0.39 is 17.3 Å². The Morgan fingerprint density at radius 2 is 1.23 bits per heavy atom. The Hall–Kier alpha value is -3.46. The first-order chi connectivity index (χ1) is 14.6. The van der Waals surface area contributed by atoms with Gasteiger partial charge in [-0.15, -0.1) is 0 Å². The summed E-state index contributed by atoms with van der Waals surface area (Å²) in [5.74, 6) is -1.53. The van der Waals surface area contributed by atoms with Crippen molar-refractivity contribution in [1.82, 2.24) is 0 Å². The van der Waals surface area contributed by atoms with Crippen molar-refractivity contribution in [2.24, 2.45) is 4.99 Å². The summed E-state index contributed by atoms with van der Waals surface area (Å²) >= 11 is 4.44. The summed E-state index contributed by atoms with van der Waals surface area (Å²) in [7, 11) is 0. The molecule has 4 aromatic rings. The van der Waals surface area contributed by atoms with E-state index in [0.717, 1.165) is 16.7 Å². The van der Waals surface area contributed by atoms with Gasteiger partial charge in [-0.3, -0.25) is 0 Å². The molecule has 30 heavy (non-hydrogen) atoms. The Labute approximate surface area is 179 Å². The summed E-state index contributed by atoms with van der Waals surface area (Å²) in [6.07, 6.45) is 0. The monoisotopic (exact) mass is 413 g/mol. The SMILES string of the molecule is Cc1cc(-c2ccccc2)ccc1-c1ccc(-c2cc(F)c(N=C=S)c(F)c2)cc1. The molecule has 0 aromatic heterocycles. The average molecular weight is 413 g/mol. The van der Waals surface area contributed by atoms with E-state index in [2.05, 4.69) is 54.5 Å². The number of isothiocyanates is 1. The molecule has 4 heteroatoms. The van der Waals surface area contributed by atoms with Crippen molar-refractivity contribution in [2.45, 2.75) is 6.92 Å². The number of hydrogen-bond donors (Lipinski definition) is 0. The van der Waals surface area contributed by atoms with Crippen LogP contribution in [0, 0.1) is 18.6 Å². The average Bonchev–Trinajstić information content (AvgIpc) is 2.77. The van der Waals surface area contributed by atoms with E-state index in [1.807, 2.05) is 47.6 Å². The van der Waals surface area contributed by atoms with E-state index in [-0.39, 0.29) is 0 Å². The number of hydrogen-bond acceptors (Lipinski definition) is 2. The first-order valence-electron chi connectivity index (χ1n) is 9.40. The second kappa shape index (κ2) is 8.50. The molecule has 0 unspecified atom stereocenters. The first-order valence-corrected chi connectivity index (χ1v) is 9.81. The summed E-state index contributed by atoms with van der Waals surface area (Å²) < 4.78 is 28.3. The van der Waals surface area contributed by atoms with Crippen molar-refractivity contribution in [3.05, 3.63) is 102 Å². The zero-order valence-electron chi connectivity index (χ0n) is 16.2. The van der Waals surface area contributed by atoms with Crippen molar-refractivity contribution in [2.75, 3.05) is 0 Å². The number of aryl methyl sites for hydroxylation is 1. The fraction of sp³-hybridized carbons (Fsp3) is 0.0385. The molecule has 0 saturated heterocycles. The topological polar surface area (TPSA) is 12.4 Å². The Morgan fingerprint density at radius 3 is 1.83 bits per heavy atom. The molecule has 0 N–H and O–H groups in total. The lowest BCUT2D eigenvalue weighted by atomic mass is 9.94. The van der Waals surface area contributed by atoms with Crippen LogP contribution in [0.4, 0.5) is 14.5 Å². The van der Waals surface area contributed by atoms with E-state index in [4.69, 9.17) is 0 Å². The smallest absolute Gasteiger partial charge is 0.153 e. The van der Waals surface area contributed by atoms with Gasteiger partial charge in [0.2, 0.25) is 0 Å². The lowest BCUT2D eigenvalue weighted by Gasteiger charge is -2.11. The van der Waals surface area contributed by atoms with Crippen LogP contribution in [-0.2, 0) is 0 Å². The maximum absolute atomic E-state index is 14.1. The predicted octanol–water partition coefficient (Wildman–Crippen LogP) is 8.01. The molecular formula is C26H17F2NS. The Kier molecular flexibility index (Phi) is 5.62. The van der Waals surface area contributed by atoms with E-state index in [1.54, 1.807) is 0 Å². The van der Waals surface area contributed by atoms with Crippen molar-refractivity contribution in [1.29, 1.82) is 0 Å². The van der Waals surface area contributed by atoms with Crippen LogP contribution >= 0.6 is 12.2 Å². The highest BCUT2D eigenvalue weighted by molar-refractivity contribution is 7.78. The highest BCUT2D eigenvalue weighted by atomic mass is 32.1. The second-order valence-corrected chi connectivity index (χ2v) is 7.15. The minimum absolute atomic E-state index is 0.417. The van der Waals surface area contributed by atoms with Crippen LogP contribution in [0.2, 0.25) is 0 Å². The third-order valence-corrected chi connectivity index (χ3v) is 5.13. The van der Waals surface area contributed by atoms with Crippen molar-refractivity contribution in [3.63, 3.8) is 0 Å². The molecule has 0 bridgehead atoms. The van der Waals surface area contributed by atoms with Gasteiger partial charge < -0.3 is 0 Å². The van der Waals surface area contributed by atoms with Gasteiger partial charge in [0, 0.05) is 0 Å². The molecule has 0 amide bonds.